The smallest absolute Gasteiger partial charge is 0.147 e. The molecule has 3 aromatic rings. The monoisotopic (exact) mass is 265 g/mol. The van der Waals surface area contributed by atoms with Gasteiger partial charge in [-0.05, 0) is 56.9 Å². The minimum Gasteiger partial charge on any atom is -0.485 e. The summed E-state index contributed by atoms with van der Waals surface area (Å²) in [5, 5.41) is 2.55. The van der Waals surface area contributed by atoms with Crippen molar-refractivity contribution in [2.75, 3.05) is 0 Å². The Morgan fingerprint density at radius 1 is 1.15 bits per heavy atom. The molecular formula is C18H19NO. The summed E-state index contributed by atoms with van der Waals surface area (Å²) in [5.41, 5.74) is 4.96. The third-order valence-electron chi connectivity index (χ3n) is 4.44. The quantitative estimate of drug-likeness (QED) is 0.624. The van der Waals surface area contributed by atoms with Gasteiger partial charge in [-0.25, -0.2) is 0 Å². The van der Waals surface area contributed by atoms with Gasteiger partial charge < -0.3 is 9.72 Å². The molecule has 1 N–H and O–H groups in total. The molecule has 20 heavy (non-hydrogen) atoms. The Kier molecular flexibility index (Phi) is 2.24. The van der Waals surface area contributed by atoms with Crippen molar-refractivity contribution < 1.29 is 4.74 Å². The van der Waals surface area contributed by atoms with Crippen LogP contribution in [-0.4, -0.2) is 10.6 Å². The Morgan fingerprint density at radius 2 is 1.95 bits per heavy atom. The summed E-state index contributed by atoms with van der Waals surface area (Å²) in [5.74, 6) is 1.06. The van der Waals surface area contributed by atoms with E-state index in [2.05, 4.69) is 56.1 Å². The molecule has 0 unspecified atom stereocenters. The number of H-pyrrole nitrogens is 1. The number of rotatable bonds is 0. The van der Waals surface area contributed by atoms with Crippen molar-refractivity contribution in [1.29, 1.82) is 0 Å². The molecule has 2 heterocycles. The molecule has 1 aliphatic rings. The molecular weight excluding hydrogens is 246 g/mol. The Bertz CT molecular complexity index is 826. The number of para-hydroxylation sites is 1. The lowest BCUT2D eigenvalue weighted by atomic mass is 9.90. The second-order valence-corrected chi connectivity index (χ2v) is 6.46. The van der Waals surface area contributed by atoms with Gasteiger partial charge in [0.1, 0.15) is 11.4 Å². The van der Waals surface area contributed by atoms with Gasteiger partial charge in [0.2, 0.25) is 0 Å². The van der Waals surface area contributed by atoms with Gasteiger partial charge >= 0.3 is 0 Å². The van der Waals surface area contributed by atoms with Crippen LogP contribution in [0.25, 0.3) is 21.8 Å². The van der Waals surface area contributed by atoms with Crippen molar-refractivity contribution in [3.63, 3.8) is 0 Å². The first kappa shape index (κ1) is 11.8. The lowest BCUT2D eigenvalue weighted by Crippen LogP contribution is -2.33. The number of hydrogen-bond acceptors (Lipinski definition) is 1. The Morgan fingerprint density at radius 3 is 2.80 bits per heavy atom. The Hall–Kier alpha value is -1.96. The van der Waals surface area contributed by atoms with Gasteiger partial charge in [0, 0.05) is 16.3 Å². The average molecular weight is 265 g/mol. The van der Waals surface area contributed by atoms with E-state index in [9.17, 15) is 0 Å². The van der Waals surface area contributed by atoms with Crippen LogP contribution >= 0.6 is 0 Å². The number of nitrogens with one attached hydrogen (secondary N) is 1. The molecule has 0 fully saturated rings. The molecule has 4 rings (SSSR count). The molecule has 2 nitrogen and oxygen atoms in total. The fraction of sp³-hybridized carbons (Fsp3) is 0.333. The van der Waals surface area contributed by atoms with Crippen molar-refractivity contribution >= 4 is 21.8 Å². The van der Waals surface area contributed by atoms with Crippen LogP contribution in [-0.2, 0) is 6.42 Å². The second-order valence-electron chi connectivity index (χ2n) is 6.46. The zero-order valence-corrected chi connectivity index (χ0v) is 12.2. The van der Waals surface area contributed by atoms with E-state index in [1.807, 2.05) is 0 Å². The maximum absolute atomic E-state index is 6.31. The predicted octanol–water partition coefficient (Wildman–Crippen LogP) is 4.73. The highest BCUT2D eigenvalue weighted by Gasteiger charge is 2.29. The zero-order chi connectivity index (χ0) is 13.9. The van der Waals surface area contributed by atoms with Gasteiger partial charge in [0.25, 0.3) is 0 Å². The molecule has 2 heteroatoms. The topological polar surface area (TPSA) is 25.0 Å². The normalized spacial score (nSPS) is 17.1. The SMILES string of the molecule is Cc1cc2c([nH]c3ccccc32)c2c1CCC(C)(C)O2. The predicted molar refractivity (Wildman–Crippen MR) is 83.6 cm³/mol. The molecule has 0 bridgehead atoms. The van der Waals surface area contributed by atoms with E-state index in [1.54, 1.807) is 0 Å². The fourth-order valence-electron chi connectivity index (χ4n) is 3.30. The number of aromatic nitrogens is 1. The van der Waals surface area contributed by atoms with Crippen LogP contribution in [0.15, 0.2) is 30.3 Å². The van der Waals surface area contributed by atoms with Crippen LogP contribution in [0.2, 0.25) is 0 Å². The molecule has 0 atom stereocenters. The number of aromatic amines is 1. The van der Waals surface area contributed by atoms with Gasteiger partial charge in [-0.2, -0.15) is 0 Å². The Balaban J connectivity index is 2.12. The van der Waals surface area contributed by atoms with Gasteiger partial charge in [-0.15, -0.1) is 0 Å². The first-order valence-electron chi connectivity index (χ1n) is 7.27. The van der Waals surface area contributed by atoms with E-state index in [-0.39, 0.29) is 5.60 Å². The molecule has 1 aromatic heterocycles. The minimum absolute atomic E-state index is 0.0784. The van der Waals surface area contributed by atoms with Crippen LogP contribution in [0.3, 0.4) is 0 Å². The average Bonchev–Trinajstić information content (AvgIpc) is 2.77. The first-order chi connectivity index (χ1) is 9.55. The lowest BCUT2D eigenvalue weighted by Gasteiger charge is -2.33. The van der Waals surface area contributed by atoms with Crippen LogP contribution in [0, 0.1) is 6.92 Å². The van der Waals surface area contributed by atoms with Crippen LogP contribution in [0.5, 0.6) is 5.75 Å². The molecule has 0 amide bonds. The number of hydrogen-bond donors (Lipinski definition) is 1. The lowest BCUT2D eigenvalue weighted by molar-refractivity contribution is 0.0864. The van der Waals surface area contributed by atoms with E-state index in [4.69, 9.17) is 4.74 Å². The largest absolute Gasteiger partial charge is 0.485 e. The second kappa shape index (κ2) is 3.78. The van der Waals surface area contributed by atoms with Crippen molar-refractivity contribution in [1.82, 2.24) is 4.98 Å². The Labute approximate surface area is 118 Å². The molecule has 0 saturated carbocycles. The zero-order valence-electron chi connectivity index (χ0n) is 12.2. The van der Waals surface area contributed by atoms with Crippen LogP contribution < -0.4 is 4.74 Å². The summed E-state index contributed by atoms with van der Waals surface area (Å²) >= 11 is 0. The molecule has 102 valence electrons. The summed E-state index contributed by atoms with van der Waals surface area (Å²) in [6, 6.07) is 10.8. The van der Waals surface area contributed by atoms with Crippen molar-refractivity contribution in [2.45, 2.75) is 39.2 Å². The van der Waals surface area contributed by atoms with E-state index in [1.165, 1.54) is 27.4 Å². The molecule has 0 aliphatic carbocycles. The van der Waals surface area contributed by atoms with Gasteiger partial charge in [0.05, 0.1) is 5.52 Å². The van der Waals surface area contributed by atoms with E-state index < -0.39 is 0 Å². The van der Waals surface area contributed by atoms with E-state index >= 15 is 0 Å². The highest BCUT2D eigenvalue weighted by molar-refractivity contribution is 6.10. The standard InChI is InChI=1S/C18H19NO/c1-11-10-14-13-6-4-5-7-15(13)19-16(14)17-12(11)8-9-18(2,3)20-17/h4-7,10,19H,8-9H2,1-3H3. The highest BCUT2D eigenvalue weighted by Crippen LogP contribution is 2.42. The number of fused-ring (bicyclic) bond motifs is 5. The van der Waals surface area contributed by atoms with Crippen LogP contribution in [0.4, 0.5) is 0 Å². The summed E-state index contributed by atoms with van der Waals surface area (Å²) in [6.45, 7) is 6.54. The summed E-state index contributed by atoms with van der Waals surface area (Å²) < 4.78 is 6.31. The molecule has 1 aliphatic heterocycles. The third-order valence-corrected chi connectivity index (χ3v) is 4.44. The highest BCUT2D eigenvalue weighted by atomic mass is 16.5. The number of benzene rings is 2. The van der Waals surface area contributed by atoms with Crippen LogP contribution in [0.1, 0.15) is 31.4 Å². The molecule has 0 saturated heterocycles. The summed E-state index contributed by atoms with van der Waals surface area (Å²) in [4.78, 5) is 3.55. The maximum atomic E-state index is 6.31. The summed E-state index contributed by atoms with van der Waals surface area (Å²) in [7, 11) is 0. The molecule has 2 aromatic carbocycles. The number of ether oxygens (including phenoxy) is 1. The van der Waals surface area contributed by atoms with Crippen molar-refractivity contribution in [3.05, 3.63) is 41.5 Å². The summed E-state index contributed by atoms with van der Waals surface area (Å²) in [6.07, 6.45) is 2.17. The van der Waals surface area contributed by atoms with E-state index in [0.29, 0.717) is 0 Å². The number of aryl methyl sites for hydroxylation is 1. The molecule has 0 radical (unpaired) electrons. The fourth-order valence-corrected chi connectivity index (χ4v) is 3.30. The maximum Gasteiger partial charge on any atom is 0.147 e. The molecule has 0 spiro atoms. The van der Waals surface area contributed by atoms with Gasteiger partial charge in [0.15, 0.2) is 0 Å². The van der Waals surface area contributed by atoms with Gasteiger partial charge in [-0.3, -0.25) is 0 Å². The van der Waals surface area contributed by atoms with E-state index in [0.717, 1.165) is 24.1 Å². The first-order valence-corrected chi connectivity index (χ1v) is 7.27. The van der Waals surface area contributed by atoms with Gasteiger partial charge in [-0.1, -0.05) is 18.2 Å². The third kappa shape index (κ3) is 1.57. The van der Waals surface area contributed by atoms with Crippen molar-refractivity contribution in [3.8, 4) is 5.75 Å². The minimum atomic E-state index is -0.0784. The van der Waals surface area contributed by atoms with Crippen molar-refractivity contribution in [2.24, 2.45) is 0 Å².